The number of hydrogen-bond donors (Lipinski definition) is 2. The van der Waals surface area contributed by atoms with Crippen molar-refractivity contribution in [1.82, 2.24) is 15.1 Å². The molecule has 0 aliphatic carbocycles. The summed E-state index contributed by atoms with van der Waals surface area (Å²) in [4.78, 5) is 57.7. The minimum absolute atomic E-state index is 0.0477. The van der Waals surface area contributed by atoms with Crippen LogP contribution in [0.15, 0.2) is 36.6 Å². The maximum Gasteiger partial charge on any atom is 0.325 e. The normalized spacial score (nSPS) is 12.3. The van der Waals surface area contributed by atoms with Gasteiger partial charge in [0, 0.05) is 45.4 Å². The van der Waals surface area contributed by atoms with E-state index in [2.05, 4.69) is 61.9 Å². The number of ether oxygens (including phenoxy) is 3. The lowest BCUT2D eigenvalue weighted by atomic mass is 10.0. The third kappa shape index (κ3) is 44.1. The monoisotopic (exact) mass is 1000 g/mol. The van der Waals surface area contributed by atoms with Crippen molar-refractivity contribution >= 4 is 23.8 Å². The molecule has 0 aromatic rings. The molecule has 0 aromatic carbocycles. The van der Waals surface area contributed by atoms with Crippen LogP contribution in [0.1, 0.15) is 260 Å². The summed E-state index contributed by atoms with van der Waals surface area (Å²) in [5.41, 5.74) is 5.16. The van der Waals surface area contributed by atoms with Crippen LogP contribution in [0.5, 0.6) is 0 Å². The van der Waals surface area contributed by atoms with Gasteiger partial charge in [0.2, 0.25) is 11.8 Å². The average Bonchev–Trinajstić information content (AvgIpc) is 3.32. The van der Waals surface area contributed by atoms with Gasteiger partial charge < -0.3 is 35.1 Å². The molecule has 0 aliphatic heterocycles. The molecule has 0 spiro atoms. The highest BCUT2D eigenvalue weighted by Crippen LogP contribution is 2.20. The van der Waals surface area contributed by atoms with Crippen molar-refractivity contribution in [2.45, 2.75) is 278 Å². The lowest BCUT2D eigenvalue weighted by Gasteiger charge is -2.33. The Kier molecular flexibility index (Phi) is 45.7. The van der Waals surface area contributed by atoms with E-state index in [9.17, 15) is 19.2 Å². The van der Waals surface area contributed by atoms with E-state index >= 15 is 0 Å². The molecule has 1 unspecified atom stereocenters. The summed E-state index contributed by atoms with van der Waals surface area (Å²) < 4.78 is 17.5. The zero-order chi connectivity index (χ0) is 52.6. The quantitative estimate of drug-likeness (QED) is 0.0264. The van der Waals surface area contributed by atoms with Crippen LogP contribution < -0.4 is 11.1 Å². The van der Waals surface area contributed by atoms with E-state index in [0.29, 0.717) is 58.5 Å². The number of allylic oxidation sites excluding steroid dienone is 5. The predicted molar refractivity (Wildman–Crippen MR) is 298 cm³/mol. The molecule has 2 amide bonds. The van der Waals surface area contributed by atoms with Crippen LogP contribution in [-0.2, 0) is 33.4 Å². The van der Waals surface area contributed by atoms with Gasteiger partial charge in [0.25, 0.3) is 0 Å². The zero-order valence-electron chi connectivity index (χ0n) is 47.3. The Morgan fingerprint density at radius 2 is 1.10 bits per heavy atom. The second-order valence-corrected chi connectivity index (χ2v) is 21.1. The number of nitrogens with one attached hydrogen (secondary N) is 1. The first-order valence-electron chi connectivity index (χ1n) is 29.2. The van der Waals surface area contributed by atoms with Crippen molar-refractivity contribution in [3.63, 3.8) is 0 Å². The fourth-order valence-electron chi connectivity index (χ4n) is 8.69. The van der Waals surface area contributed by atoms with Crippen molar-refractivity contribution in [2.75, 3.05) is 46.4 Å². The molecule has 0 aromatic heterocycles. The summed E-state index contributed by atoms with van der Waals surface area (Å²) in [6.07, 6.45) is 43.8. The van der Waals surface area contributed by atoms with Gasteiger partial charge in [0.05, 0.1) is 12.4 Å². The lowest BCUT2D eigenvalue weighted by Crippen LogP contribution is -2.52. The van der Waals surface area contributed by atoms with Gasteiger partial charge in [-0.2, -0.15) is 0 Å². The number of nitrogens with zero attached hydrogens (tertiary/aromatic N) is 2. The number of carbonyl (C=O) groups excluding carboxylic acids is 4. The Balaban J connectivity index is 5.32. The molecule has 11 heteroatoms. The molecule has 0 aliphatic rings. The molecule has 0 heterocycles. The second-order valence-electron chi connectivity index (χ2n) is 21.1. The van der Waals surface area contributed by atoms with Crippen LogP contribution in [0.4, 0.5) is 0 Å². The van der Waals surface area contributed by atoms with E-state index in [4.69, 9.17) is 19.9 Å². The second kappa shape index (κ2) is 47.8. The maximum absolute atomic E-state index is 14.2. The third-order valence-corrected chi connectivity index (χ3v) is 13.0. The largest absolute Gasteiger partial charge is 0.499 e. The molecule has 0 fully saturated rings. The number of likely N-dealkylation sites (N-methyl/N-ethyl adjacent to an activating group) is 1. The highest BCUT2D eigenvalue weighted by Gasteiger charge is 2.30. The van der Waals surface area contributed by atoms with E-state index < -0.39 is 17.6 Å². The van der Waals surface area contributed by atoms with Gasteiger partial charge in [-0.25, -0.2) is 0 Å². The molecule has 71 heavy (non-hydrogen) atoms. The topological polar surface area (TPSA) is 140 Å². The summed E-state index contributed by atoms with van der Waals surface area (Å²) in [6.45, 7) is 18.5. The van der Waals surface area contributed by atoms with Crippen molar-refractivity contribution < 1.29 is 33.4 Å². The smallest absolute Gasteiger partial charge is 0.325 e. The first-order valence-corrected chi connectivity index (χ1v) is 29.2. The molecule has 11 nitrogen and oxygen atoms in total. The highest BCUT2D eigenvalue weighted by atomic mass is 16.6. The van der Waals surface area contributed by atoms with E-state index in [1.165, 1.54) is 116 Å². The van der Waals surface area contributed by atoms with Gasteiger partial charge in [0.1, 0.15) is 24.3 Å². The number of amides is 2. The van der Waals surface area contributed by atoms with Gasteiger partial charge in [-0.05, 0) is 124 Å². The van der Waals surface area contributed by atoms with Gasteiger partial charge in [-0.1, -0.05) is 154 Å². The van der Waals surface area contributed by atoms with Crippen LogP contribution in [0.25, 0.3) is 0 Å². The van der Waals surface area contributed by atoms with Crippen LogP contribution in [0.3, 0.4) is 0 Å². The number of hydrogen-bond acceptors (Lipinski definition) is 9. The number of carbonyl (C=O) groups is 4. The fourth-order valence-corrected chi connectivity index (χ4v) is 8.69. The summed E-state index contributed by atoms with van der Waals surface area (Å²) in [7, 11) is 1.95. The average molecular weight is 1000 g/mol. The van der Waals surface area contributed by atoms with E-state index in [1.807, 2.05) is 7.05 Å². The minimum atomic E-state index is -0.778. The number of nitrogens with two attached hydrogens (primary N) is 1. The molecule has 0 saturated carbocycles. The molecule has 0 radical (unpaired) electrons. The SMILES string of the molecule is C=C(CCCCCCC/C=C\C/C=C\CCCCC)OCCCCCC(C(=O)NCC(=O)OC(C)(C)C)N(CCN(C)CCN)C(=O)CCCCC(=O)OC(CCCCCCCC)CCCCCCCC. The Hall–Kier alpha value is -3.18. The molecule has 414 valence electrons. The number of unbranched alkanes of at least 4 members (excludes halogenated alkanes) is 21. The van der Waals surface area contributed by atoms with Crippen molar-refractivity contribution in [3.8, 4) is 0 Å². The summed E-state index contributed by atoms with van der Waals surface area (Å²) in [5, 5.41) is 2.79. The molecular weight excluding hydrogens is 889 g/mol. The lowest BCUT2D eigenvalue weighted by molar-refractivity contribution is -0.155. The van der Waals surface area contributed by atoms with Gasteiger partial charge in [-0.3, -0.25) is 19.2 Å². The summed E-state index contributed by atoms with van der Waals surface area (Å²) in [5.74, 6) is -0.418. The van der Waals surface area contributed by atoms with Crippen LogP contribution >= 0.6 is 0 Å². The van der Waals surface area contributed by atoms with E-state index in [0.717, 1.165) is 70.0 Å². The Bertz CT molecular complexity index is 1360. The van der Waals surface area contributed by atoms with Crippen molar-refractivity contribution in [3.05, 3.63) is 36.6 Å². The molecule has 3 N–H and O–H groups in total. The van der Waals surface area contributed by atoms with Gasteiger partial charge in [-0.15, -0.1) is 0 Å². The predicted octanol–water partition coefficient (Wildman–Crippen LogP) is 14.4. The molecule has 0 rings (SSSR count). The number of rotatable bonds is 50. The fraction of sp³-hybridized carbons (Fsp3) is 0.833. The first kappa shape index (κ1) is 67.8. The standard InChI is InChI=1S/C60H112N4O7/c1-9-12-15-18-21-22-23-24-25-26-27-28-29-30-34-41-53(4)69-51-40-33-37-44-55(59(68)62-52-58(67)71-60(5,6)7)64(50-49-63(8)48-47-61)56(65)45-38-39-46-57(66)70-54(42-35-31-19-16-13-10-2)43-36-32-20-17-14-11-3/h21-22,24-25,54-55H,4,9-20,23,26-52,61H2,1-3,5-8H3,(H,62,68)/b22-21-,25-24-. The molecule has 1 atom stereocenters. The highest BCUT2D eigenvalue weighted by molar-refractivity contribution is 5.89. The van der Waals surface area contributed by atoms with E-state index in [-0.39, 0.29) is 43.3 Å². The van der Waals surface area contributed by atoms with Crippen LogP contribution in [-0.4, -0.2) is 97.7 Å². The Labute approximate surface area is 437 Å². The van der Waals surface area contributed by atoms with Crippen LogP contribution in [0, 0.1) is 0 Å². The van der Waals surface area contributed by atoms with Gasteiger partial charge in [0.15, 0.2) is 0 Å². The summed E-state index contributed by atoms with van der Waals surface area (Å²) >= 11 is 0. The maximum atomic E-state index is 14.2. The van der Waals surface area contributed by atoms with Crippen LogP contribution in [0.2, 0.25) is 0 Å². The Morgan fingerprint density at radius 1 is 0.592 bits per heavy atom. The molecule has 0 saturated heterocycles. The van der Waals surface area contributed by atoms with E-state index in [1.54, 1.807) is 25.7 Å². The number of esters is 2. The first-order chi connectivity index (χ1) is 34.3. The molecular formula is C60H112N4O7. The minimum Gasteiger partial charge on any atom is -0.499 e. The van der Waals surface area contributed by atoms with Crippen molar-refractivity contribution in [2.24, 2.45) is 5.73 Å². The Morgan fingerprint density at radius 3 is 1.70 bits per heavy atom. The van der Waals surface area contributed by atoms with Gasteiger partial charge >= 0.3 is 11.9 Å². The third-order valence-electron chi connectivity index (χ3n) is 13.0. The zero-order valence-corrected chi connectivity index (χ0v) is 47.3. The van der Waals surface area contributed by atoms with Crippen molar-refractivity contribution in [1.29, 1.82) is 0 Å². The molecule has 0 bridgehead atoms. The summed E-state index contributed by atoms with van der Waals surface area (Å²) in [6, 6.07) is -0.778.